The van der Waals surface area contributed by atoms with E-state index in [1.165, 1.54) is 7.11 Å². The molecule has 0 radical (unpaired) electrons. The maximum absolute atomic E-state index is 11.7. The van der Waals surface area contributed by atoms with E-state index in [0.717, 1.165) is 25.8 Å². The Morgan fingerprint density at radius 3 is 2.47 bits per heavy atom. The molecule has 19 heavy (non-hydrogen) atoms. The number of hydrogen-bond acceptors (Lipinski definition) is 5. The van der Waals surface area contributed by atoms with Gasteiger partial charge in [-0.25, -0.2) is 0 Å². The number of rotatable bonds is 11. The van der Waals surface area contributed by atoms with Crippen LogP contribution in [0.1, 0.15) is 39.5 Å². The highest BCUT2D eigenvalue weighted by Gasteiger charge is 2.25. The summed E-state index contributed by atoms with van der Waals surface area (Å²) >= 11 is 0. The first-order valence-electron chi connectivity index (χ1n) is 7.00. The van der Waals surface area contributed by atoms with Crippen LogP contribution in [0.5, 0.6) is 0 Å². The Morgan fingerprint density at radius 1 is 1.32 bits per heavy atom. The van der Waals surface area contributed by atoms with Crippen molar-refractivity contribution in [2.24, 2.45) is 0 Å². The Bertz CT molecular complexity index is 273. The van der Waals surface area contributed by atoms with E-state index >= 15 is 0 Å². The second kappa shape index (κ2) is 11.4. The zero-order valence-electron chi connectivity index (χ0n) is 12.5. The molecule has 6 heteroatoms. The van der Waals surface area contributed by atoms with Crippen molar-refractivity contribution in [1.29, 1.82) is 0 Å². The number of carbonyl (C=O) groups is 1. The molecule has 0 fully saturated rings. The van der Waals surface area contributed by atoms with E-state index in [0.29, 0.717) is 13.0 Å². The molecule has 0 heterocycles. The maximum atomic E-state index is 11.7. The van der Waals surface area contributed by atoms with Crippen LogP contribution in [0, 0.1) is 0 Å². The molecule has 5 nitrogen and oxygen atoms in total. The summed E-state index contributed by atoms with van der Waals surface area (Å²) in [7, 11) is -0.457. The fraction of sp³-hybridized carbons (Fsp3) is 0.923. The first kappa shape index (κ1) is 18.6. The van der Waals surface area contributed by atoms with Gasteiger partial charge in [0.1, 0.15) is 19.7 Å². The monoisotopic (exact) mass is 293 g/mol. The lowest BCUT2D eigenvalue weighted by Gasteiger charge is -2.21. The zero-order chi connectivity index (χ0) is 14.7. The fourth-order valence-electron chi connectivity index (χ4n) is 1.82. The second-order valence-electron chi connectivity index (χ2n) is 4.53. The van der Waals surface area contributed by atoms with Gasteiger partial charge in [0.2, 0.25) is 0 Å². The minimum atomic E-state index is -1.83. The molecular weight excluding hydrogens is 265 g/mol. The molecule has 0 aliphatic heterocycles. The van der Waals surface area contributed by atoms with Gasteiger partial charge in [0, 0.05) is 13.0 Å². The van der Waals surface area contributed by atoms with Crippen LogP contribution in [-0.4, -0.2) is 44.8 Å². The van der Waals surface area contributed by atoms with Crippen molar-refractivity contribution in [3.05, 3.63) is 0 Å². The van der Waals surface area contributed by atoms with Gasteiger partial charge in [-0.2, -0.15) is 0 Å². The van der Waals surface area contributed by atoms with Gasteiger partial charge >= 0.3 is 5.97 Å². The van der Waals surface area contributed by atoms with Crippen molar-refractivity contribution < 1.29 is 18.8 Å². The summed E-state index contributed by atoms with van der Waals surface area (Å²) in [5.41, 5.74) is 0. The standard InChI is InChI=1S/C13H28NO4P/c1-5-7-8-9-14-11(13(15)17-3)10-12(18-6-2)19(4)16/h11-12,14,19H,5-10H2,1-4H3. The zero-order valence-corrected chi connectivity index (χ0v) is 13.5. The number of unbranched alkanes of at least 4 members (excludes halogenated alkanes) is 2. The highest BCUT2D eigenvalue weighted by Crippen LogP contribution is 2.28. The number of nitrogens with one attached hydrogen (secondary N) is 1. The van der Waals surface area contributed by atoms with Crippen molar-refractivity contribution in [3.63, 3.8) is 0 Å². The average Bonchev–Trinajstić information content (AvgIpc) is 2.40. The quantitative estimate of drug-likeness (QED) is 0.359. The van der Waals surface area contributed by atoms with Crippen LogP contribution < -0.4 is 5.32 Å². The van der Waals surface area contributed by atoms with E-state index in [-0.39, 0.29) is 11.8 Å². The van der Waals surface area contributed by atoms with E-state index in [1.54, 1.807) is 6.66 Å². The number of methoxy groups -OCH3 is 1. The molecule has 0 aromatic rings. The third-order valence-corrected chi connectivity index (χ3v) is 4.24. The number of hydrogen-bond donors (Lipinski definition) is 1. The highest BCUT2D eigenvalue weighted by atomic mass is 31.1. The van der Waals surface area contributed by atoms with E-state index in [1.807, 2.05) is 6.92 Å². The van der Waals surface area contributed by atoms with Gasteiger partial charge in [0.15, 0.2) is 0 Å². The van der Waals surface area contributed by atoms with E-state index < -0.39 is 13.8 Å². The molecule has 0 aliphatic rings. The van der Waals surface area contributed by atoms with Crippen LogP contribution in [0.25, 0.3) is 0 Å². The van der Waals surface area contributed by atoms with Crippen molar-refractivity contribution >= 4 is 13.8 Å². The highest BCUT2D eigenvalue weighted by molar-refractivity contribution is 7.44. The topological polar surface area (TPSA) is 64.6 Å². The lowest BCUT2D eigenvalue weighted by Crippen LogP contribution is -2.40. The van der Waals surface area contributed by atoms with Crippen molar-refractivity contribution in [1.82, 2.24) is 5.32 Å². The molecule has 0 rings (SSSR count). The molecule has 114 valence electrons. The van der Waals surface area contributed by atoms with Crippen LogP contribution in [0.2, 0.25) is 0 Å². The summed E-state index contributed by atoms with van der Waals surface area (Å²) < 4.78 is 21.9. The van der Waals surface area contributed by atoms with Crippen LogP contribution in [0.15, 0.2) is 0 Å². The Hall–Kier alpha value is -0.380. The van der Waals surface area contributed by atoms with Gasteiger partial charge in [0.25, 0.3) is 0 Å². The number of ether oxygens (including phenoxy) is 2. The third-order valence-electron chi connectivity index (χ3n) is 2.93. The second-order valence-corrected chi connectivity index (χ2v) is 6.39. The minimum Gasteiger partial charge on any atom is -0.468 e. The van der Waals surface area contributed by atoms with Crippen LogP contribution >= 0.6 is 7.80 Å². The lowest BCUT2D eigenvalue weighted by atomic mass is 10.2. The van der Waals surface area contributed by atoms with Gasteiger partial charge in [-0.1, -0.05) is 19.8 Å². The van der Waals surface area contributed by atoms with Crippen molar-refractivity contribution in [2.75, 3.05) is 26.9 Å². The Kier molecular flexibility index (Phi) is 11.2. The Morgan fingerprint density at radius 2 is 2.00 bits per heavy atom. The normalized spacial score (nSPS) is 15.8. The van der Waals surface area contributed by atoms with Gasteiger partial charge in [-0.3, -0.25) is 4.79 Å². The first-order valence-corrected chi connectivity index (χ1v) is 8.98. The predicted molar refractivity (Wildman–Crippen MR) is 78.3 cm³/mol. The van der Waals surface area contributed by atoms with Crippen LogP contribution in [0.4, 0.5) is 0 Å². The van der Waals surface area contributed by atoms with Crippen molar-refractivity contribution in [2.45, 2.75) is 51.4 Å². The third kappa shape index (κ3) is 8.40. The molecule has 0 saturated carbocycles. The summed E-state index contributed by atoms with van der Waals surface area (Å²) in [5, 5.41) is 3.17. The largest absolute Gasteiger partial charge is 0.468 e. The molecule has 0 amide bonds. The Labute approximate surface area is 117 Å². The molecule has 0 aromatic carbocycles. The number of esters is 1. The fourth-order valence-corrected chi connectivity index (χ4v) is 2.79. The van der Waals surface area contributed by atoms with Gasteiger partial charge in [-0.15, -0.1) is 0 Å². The van der Waals surface area contributed by atoms with Crippen LogP contribution in [-0.2, 0) is 18.8 Å². The van der Waals surface area contributed by atoms with Gasteiger partial charge < -0.3 is 19.4 Å². The maximum Gasteiger partial charge on any atom is 0.322 e. The summed E-state index contributed by atoms with van der Waals surface area (Å²) in [6, 6.07) is -0.438. The lowest BCUT2D eigenvalue weighted by molar-refractivity contribution is -0.143. The summed E-state index contributed by atoms with van der Waals surface area (Å²) in [6.45, 7) is 6.91. The molecule has 0 spiro atoms. The molecule has 3 unspecified atom stereocenters. The molecule has 1 N–H and O–H groups in total. The molecule has 3 atom stereocenters. The minimum absolute atomic E-state index is 0.315. The molecule has 0 saturated heterocycles. The number of carbonyl (C=O) groups excluding carboxylic acids is 1. The van der Waals surface area contributed by atoms with E-state index in [2.05, 4.69) is 12.2 Å². The van der Waals surface area contributed by atoms with Crippen LogP contribution in [0.3, 0.4) is 0 Å². The summed E-state index contributed by atoms with van der Waals surface area (Å²) in [6.07, 6.45) is 3.68. The average molecular weight is 293 g/mol. The first-order chi connectivity index (χ1) is 9.06. The molecule has 0 bridgehead atoms. The molecule has 0 aromatic heterocycles. The van der Waals surface area contributed by atoms with E-state index in [4.69, 9.17) is 9.47 Å². The van der Waals surface area contributed by atoms with Crippen molar-refractivity contribution in [3.8, 4) is 0 Å². The smallest absolute Gasteiger partial charge is 0.322 e. The van der Waals surface area contributed by atoms with Gasteiger partial charge in [-0.05, 0) is 26.6 Å². The SMILES string of the molecule is CCCCCNC(CC(OCC)[PH](C)=O)C(=O)OC. The summed E-state index contributed by atoms with van der Waals surface area (Å²) in [5.74, 6) is -0.678. The van der Waals surface area contributed by atoms with E-state index in [9.17, 15) is 9.36 Å². The molecule has 0 aliphatic carbocycles. The molecular formula is C13H28NO4P. The van der Waals surface area contributed by atoms with Gasteiger partial charge in [0.05, 0.1) is 7.11 Å². The predicted octanol–water partition coefficient (Wildman–Crippen LogP) is 2.25. The Balaban J connectivity index is 4.39. The summed E-state index contributed by atoms with van der Waals surface area (Å²) in [4.78, 5) is 11.7.